The van der Waals surface area contributed by atoms with E-state index in [0.717, 1.165) is 25.8 Å². The van der Waals surface area contributed by atoms with Crippen molar-refractivity contribution in [3.05, 3.63) is 0 Å². The van der Waals surface area contributed by atoms with Gasteiger partial charge in [-0.15, -0.1) is 0 Å². The summed E-state index contributed by atoms with van der Waals surface area (Å²) in [6, 6.07) is -0.469. The Bertz CT molecular complexity index is 728. The van der Waals surface area contributed by atoms with Crippen LogP contribution in [0.25, 0.3) is 0 Å². The lowest BCUT2D eigenvalue weighted by Crippen LogP contribution is -2.70. The maximum absolute atomic E-state index is 13.7. The van der Waals surface area contributed by atoms with E-state index in [1.54, 1.807) is 20.8 Å². The average molecular weight is 407 g/mol. The first-order valence-electron chi connectivity index (χ1n) is 11.1. The zero-order chi connectivity index (χ0) is 20.8. The third-order valence-corrected chi connectivity index (χ3v) is 7.88. The molecular weight excluding hydrogens is 372 g/mol. The fourth-order valence-corrected chi connectivity index (χ4v) is 7.47. The van der Waals surface area contributed by atoms with Crippen molar-refractivity contribution < 1.29 is 24.5 Å². The van der Waals surface area contributed by atoms with E-state index in [0.29, 0.717) is 44.1 Å². The second kappa shape index (κ2) is 5.88. The molecule has 7 heteroatoms. The first-order chi connectivity index (χ1) is 13.4. The van der Waals surface area contributed by atoms with Gasteiger partial charge in [0.1, 0.15) is 11.6 Å². The van der Waals surface area contributed by atoms with Crippen LogP contribution in [-0.4, -0.2) is 62.5 Å². The third-order valence-electron chi connectivity index (χ3n) is 7.88. The molecule has 7 nitrogen and oxygen atoms in total. The van der Waals surface area contributed by atoms with Gasteiger partial charge < -0.3 is 25.2 Å². The number of carbonyl (C=O) groups excluding carboxylic acids is 2. The van der Waals surface area contributed by atoms with Crippen molar-refractivity contribution in [1.82, 2.24) is 10.2 Å². The number of alkyl carbamates (subject to hydrolysis) is 1. The van der Waals surface area contributed by atoms with Gasteiger partial charge in [0, 0.05) is 24.4 Å². The molecule has 2 unspecified atom stereocenters. The number of amides is 2. The Hall–Kier alpha value is -1.34. The number of hydrogen-bond acceptors (Lipinski definition) is 5. The van der Waals surface area contributed by atoms with Gasteiger partial charge in [-0.05, 0) is 77.6 Å². The number of rotatable bonds is 3. The topological polar surface area (TPSA) is 99.1 Å². The molecule has 5 atom stereocenters. The van der Waals surface area contributed by atoms with Gasteiger partial charge in [-0.25, -0.2) is 4.79 Å². The highest BCUT2D eigenvalue weighted by Crippen LogP contribution is 2.64. The highest BCUT2D eigenvalue weighted by Gasteiger charge is 2.67. The SMILES string of the molecule is CC(C)(C)OC(=O)N[C@H](C(=O)N1CC[C@@H]2C[C@@H]21)C12CC3CC(O)(CC(O)(C3)C1)C2. The second-order valence-corrected chi connectivity index (χ2v) is 11.8. The average Bonchev–Trinajstić information content (AvgIpc) is 3.17. The molecule has 162 valence electrons. The standard InChI is InChI=1S/C22H34N2O5/c1-19(2,3)29-18(26)23-16(17(25)24-5-4-14-6-15(14)24)20-7-13-8-21(27,10-20)12-22(28,9-13)11-20/h13-16,27-28H,4-12H2,1-3H3,(H,23,26)/t13?,14-,15+,16-,20?,21?,22?/m1/s1. The van der Waals surface area contributed by atoms with Crippen LogP contribution in [0.2, 0.25) is 0 Å². The van der Waals surface area contributed by atoms with Crippen LogP contribution in [-0.2, 0) is 9.53 Å². The molecule has 5 aliphatic carbocycles. The summed E-state index contributed by atoms with van der Waals surface area (Å²) >= 11 is 0. The summed E-state index contributed by atoms with van der Waals surface area (Å²) in [4.78, 5) is 28.3. The molecule has 1 saturated heterocycles. The molecule has 0 aromatic rings. The molecule has 6 aliphatic rings. The summed E-state index contributed by atoms with van der Waals surface area (Å²) in [7, 11) is 0. The van der Waals surface area contributed by atoms with Crippen LogP contribution in [0.1, 0.15) is 72.1 Å². The first-order valence-corrected chi connectivity index (χ1v) is 11.1. The summed E-state index contributed by atoms with van der Waals surface area (Å²) in [6.45, 7) is 6.13. The second-order valence-electron chi connectivity index (χ2n) is 11.8. The van der Waals surface area contributed by atoms with Crippen LogP contribution in [0, 0.1) is 17.3 Å². The molecular formula is C22H34N2O5. The van der Waals surface area contributed by atoms with Gasteiger partial charge in [0.05, 0.1) is 11.2 Å². The molecule has 1 heterocycles. The van der Waals surface area contributed by atoms with E-state index in [4.69, 9.17) is 4.74 Å². The molecule has 6 rings (SSSR count). The minimum Gasteiger partial charge on any atom is -0.444 e. The molecule has 0 aromatic carbocycles. The van der Waals surface area contributed by atoms with Gasteiger partial charge in [-0.1, -0.05) is 0 Å². The number of piperidine rings is 1. The van der Waals surface area contributed by atoms with Gasteiger partial charge in [-0.2, -0.15) is 0 Å². The van der Waals surface area contributed by atoms with E-state index < -0.39 is 34.4 Å². The summed E-state index contributed by atoms with van der Waals surface area (Å²) in [5.74, 6) is 0.727. The Labute approximate surface area is 172 Å². The Morgan fingerprint density at radius 1 is 1.10 bits per heavy atom. The Morgan fingerprint density at radius 2 is 1.76 bits per heavy atom. The quantitative estimate of drug-likeness (QED) is 0.665. The maximum atomic E-state index is 13.7. The van der Waals surface area contributed by atoms with E-state index in [9.17, 15) is 19.8 Å². The zero-order valence-electron chi connectivity index (χ0n) is 17.7. The summed E-state index contributed by atoms with van der Waals surface area (Å²) in [5.41, 5.74) is -3.18. The molecule has 4 bridgehead atoms. The van der Waals surface area contributed by atoms with Crippen LogP contribution in [0.15, 0.2) is 0 Å². The molecule has 2 amide bonds. The number of likely N-dealkylation sites (tertiary alicyclic amines) is 1. The summed E-state index contributed by atoms with van der Waals surface area (Å²) in [6.07, 6.45) is 4.87. The smallest absolute Gasteiger partial charge is 0.408 e. The van der Waals surface area contributed by atoms with Crippen LogP contribution in [0.4, 0.5) is 4.79 Å². The normalized spacial score (nSPS) is 45.7. The Morgan fingerprint density at radius 3 is 2.24 bits per heavy atom. The molecule has 0 spiro atoms. The molecule has 29 heavy (non-hydrogen) atoms. The lowest BCUT2D eigenvalue weighted by atomic mass is 9.44. The van der Waals surface area contributed by atoms with Crippen LogP contribution < -0.4 is 5.32 Å². The predicted octanol–water partition coefficient (Wildman–Crippen LogP) is 1.95. The van der Waals surface area contributed by atoms with Gasteiger partial charge in [0.25, 0.3) is 0 Å². The van der Waals surface area contributed by atoms with Gasteiger partial charge in [0.15, 0.2) is 0 Å². The van der Waals surface area contributed by atoms with E-state index in [2.05, 4.69) is 5.32 Å². The van der Waals surface area contributed by atoms with Crippen molar-refractivity contribution in [2.24, 2.45) is 17.3 Å². The number of fused-ring (bicyclic) bond motifs is 1. The van der Waals surface area contributed by atoms with Crippen molar-refractivity contribution >= 4 is 12.0 Å². The Balaban J connectivity index is 1.46. The van der Waals surface area contributed by atoms with Crippen LogP contribution >= 0.6 is 0 Å². The highest BCUT2D eigenvalue weighted by molar-refractivity contribution is 5.87. The van der Waals surface area contributed by atoms with E-state index in [1.807, 2.05) is 4.90 Å². The molecule has 3 N–H and O–H groups in total. The van der Waals surface area contributed by atoms with E-state index in [1.165, 1.54) is 0 Å². The minimum atomic E-state index is -0.949. The fourth-order valence-electron chi connectivity index (χ4n) is 7.47. The minimum absolute atomic E-state index is 0.0602. The zero-order valence-corrected chi connectivity index (χ0v) is 17.7. The lowest BCUT2D eigenvalue weighted by molar-refractivity contribution is -0.236. The largest absolute Gasteiger partial charge is 0.444 e. The van der Waals surface area contributed by atoms with E-state index in [-0.39, 0.29) is 11.8 Å². The monoisotopic (exact) mass is 406 g/mol. The number of carbonyl (C=O) groups is 2. The summed E-state index contributed by atoms with van der Waals surface area (Å²) < 4.78 is 5.49. The molecule has 6 fully saturated rings. The summed E-state index contributed by atoms with van der Waals surface area (Å²) in [5, 5.41) is 25.3. The lowest BCUT2D eigenvalue weighted by Gasteiger charge is -2.64. The van der Waals surface area contributed by atoms with Crippen LogP contribution in [0.5, 0.6) is 0 Å². The Kier molecular flexibility index (Phi) is 3.97. The van der Waals surface area contributed by atoms with Crippen molar-refractivity contribution in [2.75, 3.05) is 6.54 Å². The number of ether oxygens (including phenoxy) is 1. The number of hydrogen-bond donors (Lipinski definition) is 3. The van der Waals surface area contributed by atoms with Gasteiger partial charge in [-0.3, -0.25) is 4.79 Å². The van der Waals surface area contributed by atoms with E-state index >= 15 is 0 Å². The van der Waals surface area contributed by atoms with Gasteiger partial charge >= 0.3 is 6.09 Å². The van der Waals surface area contributed by atoms with Crippen molar-refractivity contribution in [2.45, 2.75) is 101 Å². The molecule has 0 radical (unpaired) electrons. The molecule has 0 aromatic heterocycles. The highest BCUT2D eigenvalue weighted by atomic mass is 16.6. The fraction of sp³-hybridized carbons (Fsp3) is 0.909. The van der Waals surface area contributed by atoms with Crippen LogP contribution in [0.3, 0.4) is 0 Å². The third kappa shape index (κ3) is 3.34. The van der Waals surface area contributed by atoms with Gasteiger partial charge in [0.2, 0.25) is 5.91 Å². The van der Waals surface area contributed by atoms with Crippen molar-refractivity contribution in [3.63, 3.8) is 0 Å². The first kappa shape index (κ1) is 19.6. The van der Waals surface area contributed by atoms with Crippen molar-refractivity contribution in [3.8, 4) is 0 Å². The molecule has 5 saturated carbocycles. The number of nitrogens with one attached hydrogen (secondary N) is 1. The predicted molar refractivity (Wildman–Crippen MR) is 105 cm³/mol. The maximum Gasteiger partial charge on any atom is 0.408 e. The van der Waals surface area contributed by atoms with Crippen molar-refractivity contribution in [1.29, 1.82) is 0 Å². The number of aliphatic hydroxyl groups is 2. The number of nitrogens with zero attached hydrogens (tertiary/aromatic N) is 1. The molecule has 1 aliphatic heterocycles.